The van der Waals surface area contributed by atoms with E-state index in [4.69, 9.17) is 4.74 Å². The first-order valence-electron chi connectivity index (χ1n) is 16.9. The van der Waals surface area contributed by atoms with Gasteiger partial charge in [-0.05, 0) is 111 Å². The van der Waals surface area contributed by atoms with Crippen LogP contribution >= 0.6 is 0 Å². The van der Waals surface area contributed by atoms with E-state index in [1.165, 1.54) is 96.3 Å². The molecule has 2 heteroatoms. The molecule has 2 nitrogen and oxygen atoms in total. The van der Waals surface area contributed by atoms with Crippen LogP contribution in [-0.4, -0.2) is 12.1 Å². The van der Waals surface area contributed by atoms with Gasteiger partial charge in [0.1, 0.15) is 6.10 Å². The maximum Gasteiger partial charge on any atom is 0.306 e. The van der Waals surface area contributed by atoms with Crippen LogP contribution in [0.15, 0.2) is 0 Å². The fourth-order valence-corrected chi connectivity index (χ4v) is 10.6. The largest absolute Gasteiger partial charge is 0.462 e. The van der Waals surface area contributed by atoms with Gasteiger partial charge in [-0.25, -0.2) is 0 Å². The van der Waals surface area contributed by atoms with E-state index in [1.807, 2.05) is 0 Å². The zero-order chi connectivity index (χ0) is 26.6. The van der Waals surface area contributed by atoms with Crippen LogP contribution in [0, 0.1) is 52.3 Å². The molecule has 4 saturated carbocycles. The Morgan fingerprint density at radius 3 is 2.38 bits per heavy atom. The summed E-state index contributed by atoms with van der Waals surface area (Å²) < 4.78 is 6.44. The lowest BCUT2D eigenvalue weighted by Crippen LogP contribution is -2.58. The zero-order valence-electron chi connectivity index (χ0n) is 25.7. The molecule has 0 aliphatic heterocycles. The quantitative estimate of drug-likeness (QED) is 0.191. The molecule has 0 aromatic carbocycles. The molecule has 4 aliphatic carbocycles. The Bertz CT molecular complexity index is 729. The Morgan fingerprint density at radius 1 is 0.838 bits per heavy atom. The van der Waals surface area contributed by atoms with Crippen LogP contribution in [0.3, 0.4) is 0 Å². The van der Waals surface area contributed by atoms with Crippen LogP contribution < -0.4 is 0 Å². The summed E-state index contributed by atoms with van der Waals surface area (Å²) in [6, 6.07) is 0. The summed E-state index contributed by atoms with van der Waals surface area (Å²) in [5.74, 6) is 6.02. The first-order chi connectivity index (χ1) is 17.7. The summed E-state index contributed by atoms with van der Waals surface area (Å²) in [6.45, 7) is 14.9. The smallest absolute Gasteiger partial charge is 0.306 e. The van der Waals surface area contributed by atoms with Crippen LogP contribution in [0.25, 0.3) is 0 Å². The molecule has 0 aromatic heterocycles. The number of rotatable bonds is 12. The van der Waals surface area contributed by atoms with E-state index in [-0.39, 0.29) is 17.5 Å². The highest BCUT2D eigenvalue weighted by Gasteiger charge is 2.62. The third-order valence-electron chi connectivity index (χ3n) is 12.6. The van der Waals surface area contributed by atoms with Crippen molar-refractivity contribution in [3.05, 3.63) is 0 Å². The van der Waals surface area contributed by atoms with Crippen molar-refractivity contribution in [3.8, 4) is 0 Å². The van der Waals surface area contributed by atoms with Gasteiger partial charge >= 0.3 is 5.97 Å². The molecule has 37 heavy (non-hydrogen) atoms. The number of unbranched alkanes of at least 4 members (excludes halogenated alkanes) is 4. The highest BCUT2D eigenvalue weighted by atomic mass is 16.5. The fourth-order valence-electron chi connectivity index (χ4n) is 10.6. The number of ether oxygens (including phenoxy) is 1. The number of fused-ring (bicyclic) bond motifs is 5. The van der Waals surface area contributed by atoms with Crippen LogP contribution in [0.1, 0.15) is 157 Å². The van der Waals surface area contributed by atoms with E-state index in [1.54, 1.807) is 0 Å². The topological polar surface area (TPSA) is 26.3 Å². The van der Waals surface area contributed by atoms with E-state index in [9.17, 15) is 4.79 Å². The van der Waals surface area contributed by atoms with Crippen LogP contribution in [0.4, 0.5) is 0 Å². The number of carbonyl (C=O) groups is 1. The Morgan fingerprint density at radius 2 is 1.62 bits per heavy atom. The average molecular weight is 515 g/mol. The highest BCUT2D eigenvalue weighted by Crippen LogP contribution is 2.68. The van der Waals surface area contributed by atoms with Crippen LogP contribution in [0.5, 0.6) is 0 Å². The molecular formula is C35H62O2. The molecule has 0 aromatic rings. The minimum Gasteiger partial charge on any atom is -0.462 e. The van der Waals surface area contributed by atoms with Crippen molar-refractivity contribution in [1.82, 2.24) is 0 Å². The SMILES string of the molecule is CCCCCCCC(=O)OC1CCCC2CC[C@@H]3[C@H](CC[C@]4(C)[C@@H]([C@H](C)CCCC(C)C)CC[C@@H]34)[C@]21C. The second-order valence-electron chi connectivity index (χ2n) is 15.1. The standard InChI is InChI=1S/C35H62O2/c1-7-8-9-10-11-18-33(36)37-32-17-13-16-27-19-20-28-30-22-21-29(26(4)15-12-14-25(2)3)34(30,5)24-23-31(28)35(27,32)6/h25-32H,7-24H2,1-6H3/t26-,27?,28+,29-,30+,31+,32?,34-,35+/m1/s1. The van der Waals surface area contributed by atoms with Crippen molar-refractivity contribution in [1.29, 1.82) is 0 Å². The maximum atomic E-state index is 13.0. The van der Waals surface area contributed by atoms with Crippen LogP contribution in [-0.2, 0) is 9.53 Å². The van der Waals surface area contributed by atoms with Crippen molar-refractivity contribution >= 4 is 5.97 Å². The monoisotopic (exact) mass is 514 g/mol. The normalized spacial score (nSPS) is 40.1. The summed E-state index contributed by atoms with van der Waals surface area (Å²) >= 11 is 0. The van der Waals surface area contributed by atoms with Crippen molar-refractivity contribution in [3.63, 3.8) is 0 Å². The van der Waals surface area contributed by atoms with Gasteiger partial charge in [-0.15, -0.1) is 0 Å². The Balaban J connectivity index is 1.42. The third-order valence-corrected chi connectivity index (χ3v) is 12.6. The molecule has 2 unspecified atom stereocenters. The minimum absolute atomic E-state index is 0.0993. The second kappa shape index (κ2) is 12.8. The summed E-state index contributed by atoms with van der Waals surface area (Å²) in [7, 11) is 0. The molecule has 0 bridgehead atoms. The fraction of sp³-hybridized carbons (Fsp3) is 0.971. The summed E-state index contributed by atoms with van der Waals surface area (Å²) in [6.07, 6.45) is 23.3. The Kier molecular flexibility index (Phi) is 10.2. The maximum absolute atomic E-state index is 13.0. The highest BCUT2D eigenvalue weighted by molar-refractivity contribution is 5.69. The first kappa shape index (κ1) is 29.5. The van der Waals surface area contributed by atoms with Gasteiger partial charge in [-0.1, -0.05) is 86.5 Å². The van der Waals surface area contributed by atoms with Crippen molar-refractivity contribution in [2.45, 2.75) is 163 Å². The predicted molar refractivity (Wildman–Crippen MR) is 156 cm³/mol. The molecule has 0 radical (unpaired) electrons. The van der Waals surface area contributed by atoms with E-state index >= 15 is 0 Å². The molecule has 0 amide bonds. The number of carbonyl (C=O) groups excluding carboxylic acids is 1. The molecule has 0 saturated heterocycles. The van der Waals surface area contributed by atoms with E-state index in [0.717, 1.165) is 54.3 Å². The van der Waals surface area contributed by atoms with Crippen molar-refractivity contribution in [2.24, 2.45) is 52.3 Å². The Labute approximate surface area is 230 Å². The van der Waals surface area contributed by atoms with E-state index in [0.29, 0.717) is 11.8 Å². The lowest BCUT2D eigenvalue weighted by molar-refractivity contribution is -0.192. The molecular weight excluding hydrogens is 452 g/mol. The Hall–Kier alpha value is -0.530. The number of hydrogen-bond donors (Lipinski definition) is 0. The first-order valence-corrected chi connectivity index (χ1v) is 16.9. The number of hydrogen-bond acceptors (Lipinski definition) is 2. The minimum atomic E-state index is 0.0993. The van der Waals surface area contributed by atoms with Gasteiger partial charge in [-0.3, -0.25) is 4.79 Å². The predicted octanol–water partition coefficient (Wildman–Crippen LogP) is 10.4. The van der Waals surface area contributed by atoms with Gasteiger partial charge in [0.25, 0.3) is 0 Å². The van der Waals surface area contributed by atoms with Gasteiger partial charge in [0, 0.05) is 11.8 Å². The van der Waals surface area contributed by atoms with Gasteiger partial charge in [-0.2, -0.15) is 0 Å². The molecule has 0 heterocycles. The van der Waals surface area contributed by atoms with Crippen molar-refractivity contribution < 1.29 is 9.53 Å². The molecule has 214 valence electrons. The third kappa shape index (κ3) is 6.14. The molecule has 4 aliphatic rings. The number of esters is 1. The summed E-state index contributed by atoms with van der Waals surface area (Å²) in [5, 5.41) is 0. The zero-order valence-corrected chi connectivity index (χ0v) is 25.7. The lowest BCUT2D eigenvalue weighted by atomic mass is 9.44. The molecule has 0 spiro atoms. The second-order valence-corrected chi connectivity index (χ2v) is 15.1. The van der Waals surface area contributed by atoms with E-state index in [2.05, 4.69) is 41.5 Å². The molecule has 0 N–H and O–H groups in total. The molecule has 4 rings (SSSR count). The average Bonchev–Trinajstić information content (AvgIpc) is 3.21. The molecule has 9 atom stereocenters. The van der Waals surface area contributed by atoms with E-state index < -0.39 is 0 Å². The van der Waals surface area contributed by atoms with Gasteiger partial charge in [0.2, 0.25) is 0 Å². The van der Waals surface area contributed by atoms with Gasteiger partial charge in [0.15, 0.2) is 0 Å². The van der Waals surface area contributed by atoms with Gasteiger partial charge in [0.05, 0.1) is 0 Å². The lowest BCUT2D eigenvalue weighted by Gasteiger charge is -2.62. The summed E-state index contributed by atoms with van der Waals surface area (Å²) in [4.78, 5) is 13.0. The van der Waals surface area contributed by atoms with Crippen LogP contribution in [0.2, 0.25) is 0 Å². The molecule has 4 fully saturated rings. The van der Waals surface area contributed by atoms with Gasteiger partial charge < -0.3 is 4.74 Å². The summed E-state index contributed by atoms with van der Waals surface area (Å²) in [5.41, 5.74) is 0.752. The van der Waals surface area contributed by atoms with Crippen molar-refractivity contribution in [2.75, 3.05) is 0 Å².